The Labute approximate surface area is 164 Å². The van der Waals surface area contributed by atoms with E-state index in [1.54, 1.807) is 18.2 Å². The second-order valence-corrected chi connectivity index (χ2v) is 7.07. The van der Waals surface area contributed by atoms with Gasteiger partial charge in [-0.1, -0.05) is 53.5 Å². The van der Waals surface area contributed by atoms with E-state index in [9.17, 15) is 4.79 Å². The number of benzene rings is 2. The molecule has 134 valence electrons. The smallest absolute Gasteiger partial charge is 0.227 e. The molecule has 3 nitrogen and oxygen atoms in total. The van der Waals surface area contributed by atoms with Gasteiger partial charge in [0.05, 0.1) is 6.42 Å². The van der Waals surface area contributed by atoms with Crippen molar-refractivity contribution in [2.45, 2.75) is 12.3 Å². The highest BCUT2D eigenvalue weighted by molar-refractivity contribution is 6.33. The van der Waals surface area contributed by atoms with E-state index in [2.05, 4.69) is 12.1 Å². The van der Waals surface area contributed by atoms with Gasteiger partial charge in [-0.2, -0.15) is 0 Å². The van der Waals surface area contributed by atoms with E-state index in [1.165, 1.54) is 5.56 Å². The van der Waals surface area contributed by atoms with Gasteiger partial charge in [0, 0.05) is 29.1 Å². The molecule has 0 radical (unpaired) electrons. The summed E-state index contributed by atoms with van der Waals surface area (Å²) in [5, 5.41) is 1.16. The van der Waals surface area contributed by atoms with E-state index in [0.29, 0.717) is 29.7 Å². The predicted octanol–water partition coefficient (Wildman–Crippen LogP) is 4.16. The summed E-state index contributed by atoms with van der Waals surface area (Å²) in [5.74, 6) is 0.636. The SMILES string of the molecule is Cl.NC[C@@H]1CN(C(=O)Cc2cc(Cl)ccc2Cl)C[C@H]1c1ccccc1. The number of carbonyl (C=O) groups excluding carboxylic acids is 1. The summed E-state index contributed by atoms with van der Waals surface area (Å²) < 4.78 is 0. The Balaban J connectivity index is 0.00000225. The molecule has 0 spiro atoms. The fourth-order valence-corrected chi connectivity index (χ4v) is 3.72. The van der Waals surface area contributed by atoms with Crippen LogP contribution in [-0.2, 0) is 11.2 Å². The third kappa shape index (κ3) is 4.68. The van der Waals surface area contributed by atoms with Crippen LogP contribution in [0, 0.1) is 5.92 Å². The molecule has 1 heterocycles. The fraction of sp³-hybridized carbons (Fsp3) is 0.316. The van der Waals surface area contributed by atoms with Gasteiger partial charge < -0.3 is 10.6 Å². The Morgan fingerprint density at radius 2 is 1.84 bits per heavy atom. The molecule has 0 aliphatic carbocycles. The first-order valence-electron chi connectivity index (χ1n) is 8.05. The van der Waals surface area contributed by atoms with Gasteiger partial charge in [0.15, 0.2) is 0 Å². The molecule has 25 heavy (non-hydrogen) atoms. The second-order valence-electron chi connectivity index (χ2n) is 6.22. The normalized spacial score (nSPS) is 19.6. The van der Waals surface area contributed by atoms with Crippen LogP contribution in [0.4, 0.5) is 0 Å². The Morgan fingerprint density at radius 1 is 1.12 bits per heavy atom. The van der Waals surface area contributed by atoms with E-state index in [4.69, 9.17) is 28.9 Å². The number of nitrogens with zero attached hydrogens (tertiary/aromatic N) is 1. The van der Waals surface area contributed by atoms with Crippen molar-refractivity contribution in [3.8, 4) is 0 Å². The number of hydrogen-bond donors (Lipinski definition) is 1. The molecule has 3 rings (SSSR count). The highest BCUT2D eigenvalue weighted by Crippen LogP contribution is 2.32. The molecular weight excluding hydrogens is 379 g/mol. The van der Waals surface area contributed by atoms with Crippen molar-refractivity contribution in [3.63, 3.8) is 0 Å². The largest absolute Gasteiger partial charge is 0.341 e. The van der Waals surface area contributed by atoms with Crippen LogP contribution in [0.25, 0.3) is 0 Å². The average Bonchev–Trinajstić information content (AvgIpc) is 3.03. The Bertz CT molecular complexity index is 724. The van der Waals surface area contributed by atoms with Crippen molar-refractivity contribution >= 4 is 41.5 Å². The van der Waals surface area contributed by atoms with Crippen molar-refractivity contribution in [1.29, 1.82) is 0 Å². The lowest BCUT2D eigenvalue weighted by Crippen LogP contribution is -2.31. The van der Waals surface area contributed by atoms with Gasteiger partial charge in [0.2, 0.25) is 5.91 Å². The Hall–Kier alpha value is -1.26. The first kappa shape index (κ1) is 20.1. The lowest BCUT2D eigenvalue weighted by Gasteiger charge is -2.17. The maximum Gasteiger partial charge on any atom is 0.227 e. The van der Waals surface area contributed by atoms with E-state index >= 15 is 0 Å². The topological polar surface area (TPSA) is 46.3 Å². The number of rotatable bonds is 4. The van der Waals surface area contributed by atoms with Gasteiger partial charge in [0.25, 0.3) is 0 Å². The molecule has 2 aromatic rings. The molecule has 0 unspecified atom stereocenters. The lowest BCUT2D eigenvalue weighted by molar-refractivity contribution is -0.129. The number of likely N-dealkylation sites (tertiary alicyclic amines) is 1. The number of amides is 1. The van der Waals surface area contributed by atoms with Crippen LogP contribution in [0.15, 0.2) is 48.5 Å². The van der Waals surface area contributed by atoms with Crippen LogP contribution in [0.3, 0.4) is 0 Å². The minimum atomic E-state index is 0. The summed E-state index contributed by atoms with van der Waals surface area (Å²) in [6, 6.07) is 15.5. The lowest BCUT2D eigenvalue weighted by atomic mass is 9.89. The quantitative estimate of drug-likeness (QED) is 0.839. The van der Waals surface area contributed by atoms with Crippen LogP contribution in [0.5, 0.6) is 0 Å². The monoisotopic (exact) mass is 398 g/mol. The standard InChI is InChI=1S/C19H20Cl2N2O.ClH/c20-16-6-7-18(21)14(8-16)9-19(24)23-11-15(10-22)17(12-23)13-4-2-1-3-5-13;/h1-8,15,17H,9-12,22H2;1H/t15-,17+;/m1./s1. The molecule has 1 amide bonds. The third-order valence-electron chi connectivity index (χ3n) is 4.67. The van der Waals surface area contributed by atoms with Crippen LogP contribution < -0.4 is 5.73 Å². The van der Waals surface area contributed by atoms with Crippen LogP contribution in [0.2, 0.25) is 10.0 Å². The molecule has 0 bridgehead atoms. The van der Waals surface area contributed by atoms with Gasteiger partial charge in [-0.15, -0.1) is 12.4 Å². The molecule has 1 aliphatic heterocycles. The average molecular weight is 400 g/mol. The highest BCUT2D eigenvalue weighted by atomic mass is 35.5. The van der Waals surface area contributed by atoms with E-state index in [0.717, 1.165) is 5.56 Å². The molecule has 2 N–H and O–H groups in total. The van der Waals surface area contributed by atoms with Crippen molar-refractivity contribution in [2.24, 2.45) is 11.7 Å². The number of carbonyl (C=O) groups is 1. The van der Waals surface area contributed by atoms with Crippen molar-refractivity contribution in [1.82, 2.24) is 4.90 Å². The summed E-state index contributed by atoms with van der Waals surface area (Å²) in [6.07, 6.45) is 0.262. The number of hydrogen-bond acceptors (Lipinski definition) is 2. The molecule has 2 atom stereocenters. The van der Waals surface area contributed by atoms with Crippen molar-refractivity contribution in [2.75, 3.05) is 19.6 Å². The van der Waals surface area contributed by atoms with E-state index in [-0.39, 0.29) is 36.6 Å². The number of nitrogens with two attached hydrogens (primary N) is 1. The molecule has 2 aromatic carbocycles. The highest BCUT2D eigenvalue weighted by Gasteiger charge is 2.35. The molecular formula is C19H21Cl3N2O. The summed E-state index contributed by atoms with van der Waals surface area (Å²) in [5.41, 5.74) is 7.95. The van der Waals surface area contributed by atoms with Crippen molar-refractivity contribution in [3.05, 3.63) is 69.7 Å². The van der Waals surface area contributed by atoms with Gasteiger partial charge in [-0.25, -0.2) is 0 Å². The second kappa shape index (κ2) is 8.91. The molecule has 1 fully saturated rings. The van der Waals surface area contributed by atoms with Gasteiger partial charge in [-0.3, -0.25) is 4.79 Å². The van der Waals surface area contributed by atoms with Crippen LogP contribution in [0.1, 0.15) is 17.0 Å². The number of halogens is 3. The molecule has 1 aliphatic rings. The molecule has 1 saturated heterocycles. The zero-order valence-corrected chi connectivity index (χ0v) is 16.0. The van der Waals surface area contributed by atoms with Crippen molar-refractivity contribution < 1.29 is 4.79 Å². The van der Waals surface area contributed by atoms with Gasteiger partial charge in [0.1, 0.15) is 0 Å². The van der Waals surface area contributed by atoms with Gasteiger partial charge >= 0.3 is 0 Å². The zero-order chi connectivity index (χ0) is 17.1. The fourth-order valence-electron chi connectivity index (χ4n) is 3.35. The van der Waals surface area contributed by atoms with E-state index < -0.39 is 0 Å². The Morgan fingerprint density at radius 3 is 2.52 bits per heavy atom. The third-order valence-corrected chi connectivity index (χ3v) is 5.28. The van der Waals surface area contributed by atoms with E-state index in [1.807, 2.05) is 23.1 Å². The Kier molecular flexibility index (Phi) is 7.14. The first-order chi connectivity index (χ1) is 11.6. The van der Waals surface area contributed by atoms with Crippen LogP contribution >= 0.6 is 35.6 Å². The minimum absolute atomic E-state index is 0. The summed E-state index contributed by atoms with van der Waals surface area (Å²) in [6.45, 7) is 1.96. The summed E-state index contributed by atoms with van der Waals surface area (Å²) >= 11 is 12.2. The molecule has 6 heteroatoms. The zero-order valence-electron chi connectivity index (χ0n) is 13.7. The minimum Gasteiger partial charge on any atom is -0.341 e. The predicted molar refractivity (Wildman–Crippen MR) is 106 cm³/mol. The summed E-state index contributed by atoms with van der Waals surface area (Å²) in [7, 11) is 0. The first-order valence-corrected chi connectivity index (χ1v) is 8.80. The van der Waals surface area contributed by atoms with Crippen LogP contribution in [-0.4, -0.2) is 30.4 Å². The molecule has 0 saturated carbocycles. The summed E-state index contributed by atoms with van der Waals surface area (Å²) in [4.78, 5) is 14.6. The van der Waals surface area contributed by atoms with Gasteiger partial charge in [-0.05, 0) is 41.8 Å². The maximum absolute atomic E-state index is 12.7. The maximum atomic E-state index is 12.7. The molecule has 0 aromatic heterocycles.